The van der Waals surface area contributed by atoms with E-state index in [-0.39, 0.29) is 11.9 Å². The Bertz CT molecular complexity index is 548. The van der Waals surface area contributed by atoms with E-state index in [0.29, 0.717) is 0 Å². The summed E-state index contributed by atoms with van der Waals surface area (Å²) in [5, 5.41) is 6.34. The minimum Gasteiger partial charge on any atom is -0.374 e. The van der Waals surface area contributed by atoms with E-state index in [1.165, 1.54) is 42.4 Å². The van der Waals surface area contributed by atoms with Gasteiger partial charge in [0.25, 0.3) is 0 Å². The summed E-state index contributed by atoms with van der Waals surface area (Å²) in [5.74, 6) is 0.0661. The number of nitrogens with one attached hydrogen (secondary N) is 2. The molecule has 0 unspecified atom stereocenters. The Labute approximate surface area is 134 Å². The highest BCUT2D eigenvalue weighted by Crippen LogP contribution is 2.19. The van der Waals surface area contributed by atoms with Crippen molar-refractivity contribution in [2.45, 2.75) is 58.9 Å². The molecule has 0 radical (unpaired) electrons. The van der Waals surface area contributed by atoms with E-state index in [4.69, 9.17) is 0 Å². The number of rotatable bonds is 6. The third-order valence-corrected chi connectivity index (χ3v) is 4.28. The Morgan fingerprint density at radius 2 is 2.09 bits per heavy atom. The Morgan fingerprint density at radius 3 is 2.77 bits per heavy atom. The lowest BCUT2D eigenvalue weighted by Crippen LogP contribution is -2.38. The second-order valence-corrected chi connectivity index (χ2v) is 6.33. The molecule has 3 nitrogen and oxygen atoms in total. The molecule has 1 amide bonds. The highest BCUT2D eigenvalue weighted by molar-refractivity contribution is 5.84. The molecule has 1 aromatic carbocycles. The zero-order valence-electron chi connectivity index (χ0n) is 14.0. The Hall–Kier alpha value is -1.77. The molecule has 0 saturated carbocycles. The van der Waals surface area contributed by atoms with E-state index < -0.39 is 0 Å². The van der Waals surface area contributed by atoms with Gasteiger partial charge in [0.15, 0.2) is 0 Å². The highest BCUT2D eigenvalue weighted by Gasteiger charge is 2.13. The molecule has 2 rings (SSSR count). The van der Waals surface area contributed by atoms with Gasteiger partial charge in [-0.25, -0.2) is 0 Å². The zero-order valence-corrected chi connectivity index (χ0v) is 14.0. The van der Waals surface area contributed by atoms with E-state index in [1.807, 2.05) is 13.0 Å². The Morgan fingerprint density at radius 1 is 1.27 bits per heavy atom. The van der Waals surface area contributed by atoms with E-state index in [2.05, 4.69) is 42.7 Å². The van der Waals surface area contributed by atoms with Crippen LogP contribution in [0, 0.1) is 13.8 Å². The predicted octanol–water partition coefficient (Wildman–Crippen LogP) is 4.11. The largest absolute Gasteiger partial charge is 0.374 e. The smallest absolute Gasteiger partial charge is 0.242 e. The fourth-order valence-electron chi connectivity index (χ4n) is 2.91. The van der Waals surface area contributed by atoms with Gasteiger partial charge in [-0.05, 0) is 64.5 Å². The molecular weight excluding hydrogens is 272 g/mol. The number of hydrogen-bond acceptors (Lipinski definition) is 2. The molecule has 3 heteroatoms. The summed E-state index contributed by atoms with van der Waals surface area (Å²) in [7, 11) is 0. The van der Waals surface area contributed by atoms with Crippen LogP contribution in [0.2, 0.25) is 0 Å². The van der Waals surface area contributed by atoms with E-state index in [0.717, 1.165) is 18.7 Å². The van der Waals surface area contributed by atoms with Crippen LogP contribution < -0.4 is 10.6 Å². The minimum absolute atomic E-state index is 0.0661. The molecule has 0 aromatic heterocycles. The average Bonchev–Trinajstić information content (AvgIpc) is 2.51. The topological polar surface area (TPSA) is 41.1 Å². The van der Waals surface area contributed by atoms with Crippen molar-refractivity contribution in [2.24, 2.45) is 0 Å². The van der Waals surface area contributed by atoms with Gasteiger partial charge in [-0.1, -0.05) is 29.3 Å². The molecule has 1 aromatic rings. The fourth-order valence-corrected chi connectivity index (χ4v) is 2.91. The van der Waals surface area contributed by atoms with Crippen molar-refractivity contribution in [2.75, 3.05) is 11.9 Å². The van der Waals surface area contributed by atoms with Gasteiger partial charge in [-0.15, -0.1) is 0 Å². The van der Waals surface area contributed by atoms with Crippen molar-refractivity contribution in [3.8, 4) is 0 Å². The SMILES string of the molecule is Cc1ccc(N[C@H](C)C(=O)NCCC2=CCCCC2)c(C)c1. The van der Waals surface area contributed by atoms with Gasteiger partial charge < -0.3 is 10.6 Å². The first-order chi connectivity index (χ1) is 10.6. The standard InChI is InChI=1S/C19H28N2O/c1-14-9-10-18(15(2)13-14)21-16(3)19(22)20-12-11-17-7-5-4-6-8-17/h7,9-10,13,16,21H,4-6,8,11-12H2,1-3H3,(H,20,22)/t16-/m1/s1. The van der Waals surface area contributed by atoms with Gasteiger partial charge in [0.2, 0.25) is 5.91 Å². The zero-order chi connectivity index (χ0) is 15.9. The van der Waals surface area contributed by atoms with Crippen molar-refractivity contribution in [1.82, 2.24) is 5.32 Å². The number of carbonyl (C=O) groups is 1. The van der Waals surface area contributed by atoms with Crippen molar-refractivity contribution in [3.63, 3.8) is 0 Å². The predicted molar refractivity (Wildman–Crippen MR) is 93.2 cm³/mol. The second kappa shape index (κ2) is 8.02. The minimum atomic E-state index is -0.221. The lowest BCUT2D eigenvalue weighted by atomic mass is 9.97. The third-order valence-electron chi connectivity index (χ3n) is 4.28. The fraction of sp³-hybridized carbons (Fsp3) is 0.526. The molecule has 0 spiro atoms. The van der Waals surface area contributed by atoms with Gasteiger partial charge >= 0.3 is 0 Å². The van der Waals surface area contributed by atoms with E-state index >= 15 is 0 Å². The molecular formula is C19H28N2O. The van der Waals surface area contributed by atoms with Crippen LogP contribution in [0.4, 0.5) is 5.69 Å². The molecule has 0 heterocycles. The van der Waals surface area contributed by atoms with E-state index in [1.54, 1.807) is 0 Å². The molecule has 0 fully saturated rings. The maximum Gasteiger partial charge on any atom is 0.242 e. The molecule has 0 aliphatic heterocycles. The average molecular weight is 300 g/mol. The summed E-state index contributed by atoms with van der Waals surface area (Å²) in [6.07, 6.45) is 8.34. The third kappa shape index (κ3) is 4.90. The van der Waals surface area contributed by atoms with Crippen LogP contribution in [0.5, 0.6) is 0 Å². The van der Waals surface area contributed by atoms with Crippen LogP contribution in [0.25, 0.3) is 0 Å². The number of hydrogen-bond donors (Lipinski definition) is 2. The lowest BCUT2D eigenvalue weighted by Gasteiger charge is -2.18. The molecule has 0 bridgehead atoms. The summed E-state index contributed by atoms with van der Waals surface area (Å²) in [4.78, 5) is 12.2. The maximum absolute atomic E-state index is 12.2. The van der Waals surface area contributed by atoms with Crippen LogP contribution in [0.3, 0.4) is 0 Å². The van der Waals surface area contributed by atoms with Crippen LogP contribution in [-0.4, -0.2) is 18.5 Å². The van der Waals surface area contributed by atoms with Crippen LogP contribution >= 0.6 is 0 Å². The van der Waals surface area contributed by atoms with Gasteiger partial charge in [0.1, 0.15) is 6.04 Å². The molecule has 1 aliphatic rings. The Kier molecular flexibility index (Phi) is 6.05. The van der Waals surface area contributed by atoms with Gasteiger partial charge in [0.05, 0.1) is 0 Å². The quantitative estimate of drug-likeness (QED) is 0.776. The van der Waals surface area contributed by atoms with Gasteiger partial charge in [0, 0.05) is 12.2 Å². The second-order valence-electron chi connectivity index (χ2n) is 6.33. The number of aryl methyl sites for hydroxylation is 2. The van der Waals surface area contributed by atoms with Crippen LogP contribution in [-0.2, 0) is 4.79 Å². The number of benzene rings is 1. The maximum atomic E-state index is 12.2. The van der Waals surface area contributed by atoms with Gasteiger partial charge in [-0.2, -0.15) is 0 Å². The summed E-state index contributed by atoms with van der Waals surface area (Å²) in [6, 6.07) is 6.01. The number of amides is 1. The molecule has 1 aliphatic carbocycles. The van der Waals surface area contributed by atoms with Crippen molar-refractivity contribution >= 4 is 11.6 Å². The van der Waals surface area contributed by atoms with Crippen molar-refractivity contribution in [1.29, 1.82) is 0 Å². The monoisotopic (exact) mass is 300 g/mol. The summed E-state index contributed by atoms with van der Waals surface area (Å²) in [6.45, 7) is 6.79. The number of anilines is 1. The highest BCUT2D eigenvalue weighted by atomic mass is 16.2. The summed E-state index contributed by atoms with van der Waals surface area (Å²) < 4.78 is 0. The molecule has 22 heavy (non-hydrogen) atoms. The number of allylic oxidation sites excluding steroid dienone is 1. The molecule has 2 N–H and O–H groups in total. The van der Waals surface area contributed by atoms with Crippen molar-refractivity contribution in [3.05, 3.63) is 41.0 Å². The summed E-state index contributed by atoms with van der Waals surface area (Å²) >= 11 is 0. The normalized spacial score (nSPS) is 15.9. The molecule has 1 atom stereocenters. The first kappa shape index (κ1) is 16.6. The van der Waals surface area contributed by atoms with E-state index in [9.17, 15) is 4.79 Å². The first-order valence-corrected chi connectivity index (χ1v) is 8.35. The van der Waals surface area contributed by atoms with Gasteiger partial charge in [-0.3, -0.25) is 4.79 Å². The first-order valence-electron chi connectivity index (χ1n) is 8.35. The van der Waals surface area contributed by atoms with Crippen LogP contribution in [0.1, 0.15) is 50.2 Å². The molecule has 0 saturated heterocycles. The molecule has 120 valence electrons. The Balaban J connectivity index is 1.78. The lowest BCUT2D eigenvalue weighted by molar-refractivity contribution is -0.121. The summed E-state index contributed by atoms with van der Waals surface area (Å²) in [5.41, 5.74) is 4.94. The van der Waals surface area contributed by atoms with Crippen LogP contribution in [0.15, 0.2) is 29.8 Å². The van der Waals surface area contributed by atoms with Crippen molar-refractivity contribution < 1.29 is 4.79 Å². The number of carbonyl (C=O) groups excluding carboxylic acids is 1.